The first-order chi connectivity index (χ1) is 9.72. The van der Waals surface area contributed by atoms with Crippen molar-refractivity contribution in [2.45, 2.75) is 25.4 Å². The summed E-state index contributed by atoms with van der Waals surface area (Å²) in [6.07, 6.45) is 3.66. The summed E-state index contributed by atoms with van der Waals surface area (Å²) in [5, 5.41) is 3.25. The highest BCUT2D eigenvalue weighted by Gasteiger charge is 2.19. The third kappa shape index (κ3) is 2.70. The molecule has 0 spiro atoms. The molecule has 2 N–H and O–H groups in total. The molecule has 1 saturated heterocycles. The maximum absolute atomic E-state index is 11.9. The van der Waals surface area contributed by atoms with Crippen molar-refractivity contribution in [2.75, 3.05) is 11.9 Å². The van der Waals surface area contributed by atoms with E-state index in [1.54, 1.807) is 18.2 Å². The van der Waals surface area contributed by atoms with Gasteiger partial charge in [-0.1, -0.05) is 0 Å². The summed E-state index contributed by atoms with van der Waals surface area (Å²) in [6, 6.07) is 5.09. The summed E-state index contributed by atoms with van der Waals surface area (Å²) in [5.74, 6) is -0.100. The van der Waals surface area contributed by atoms with Crippen LogP contribution in [0.4, 0.5) is 5.69 Å². The van der Waals surface area contributed by atoms with Crippen molar-refractivity contribution < 1.29 is 9.53 Å². The molecule has 1 amide bonds. The fraction of sp³-hybridized carbons (Fsp3) is 0.357. The number of carbonyl (C=O) groups excluding carboxylic acids is 1. The second-order valence-electron chi connectivity index (χ2n) is 4.85. The van der Waals surface area contributed by atoms with Gasteiger partial charge in [0.25, 0.3) is 5.56 Å². The molecule has 0 radical (unpaired) electrons. The number of rotatable bonds is 3. The summed E-state index contributed by atoms with van der Waals surface area (Å²) in [6.45, 7) is 0.731. The Balaban J connectivity index is 1.75. The number of nitrogens with one attached hydrogen (secondary N) is 2. The van der Waals surface area contributed by atoms with E-state index in [2.05, 4.69) is 15.3 Å². The molecule has 1 atom stereocenters. The summed E-state index contributed by atoms with van der Waals surface area (Å²) in [5.41, 5.74) is 0.982. The number of carbonyl (C=O) groups is 1. The first kappa shape index (κ1) is 12.8. The number of anilines is 1. The summed E-state index contributed by atoms with van der Waals surface area (Å²) in [4.78, 5) is 30.1. The number of H-pyrrole nitrogens is 1. The minimum atomic E-state index is -0.217. The van der Waals surface area contributed by atoms with E-state index in [1.807, 2.05) is 0 Å². The molecule has 104 valence electrons. The Morgan fingerprint density at radius 3 is 3.20 bits per heavy atom. The number of nitrogens with zero attached hydrogens (tertiary/aromatic N) is 1. The molecule has 1 unspecified atom stereocenters. The Labute approximate surface area is 115 Å². The van der Waals surface area contributed by atoms with Crippen LogP contribution in [0.25, 0.3) is 10.9 Å². The largest absolute Gasteiger partial charge is 0.378 e. The quantitative estimate of drug-likeness (QED) is 0.886. The molecule has 3 rings (SSSR count). The number of aromatic nitrogens is 2. The van der Waals surface area contributed by atoms with Crippen molar-refractivity contribution in [2.24, 2.45) is 0 Å². The van der Waals surface area contributed by atoms with Crippen molar-refractivity contribution in [3.8, 4) is 0 Å². The number of aromatic amines is 1. The zero-order chi connectivity index (χ0) is 13.9. The minimum Gasteiger partial charge on any atom is -0.378 e. The maximum atomic E-state index is 11.9. The van der Waals surface area contributed by atoms with Gasteiger partial charge >= 0.3 is 0 Å². The molecule has 1 fully saturated rings. The van der Waals surface area contributed by atoms with Gasteiger partial charge in [-0.05, 0) is 31.0 Å². The zero-order valence-electron chi connectivity index (χ0n) is 10.9. The van der Waals surface area contributed by atoms with Gasteiger partial charge in [0.05, 0.1) is 29.8 Å². The second-order valence-corrected chi connectivity index (χ2v) is 4.85. The molecular formula is C14H15N3O3. The van der Waals surface area contributed by atoms with Crippen molar-refractivity contribution in [1.29, 1.82) is 0 Å². The first-order valence-corrected chi connectivity index (χ1v) is 6.61. The van der Waals surface area contributed by atoms with Crippen molar-refractivity contribution in [3.63, 3.8) is 0 Å². The van der Waals surface area contributed by atoms with E-state index in [0.717, 1.165) is 19.4 Å². The first-order valence-electron chi connectivity index (χ1n) is 6.61. The van der Waals surface area contributed by atoms with Gasteiger partial charge in [-0.15, -0.1) is 0 Å². The number of hydrogen-bond donors (Lipinski definition) is 2. The fourth-order valence-corrected chi connectivity index (χ4v) is 2.37. The van der Waals surface area contributed by atoms with Crippen LogP contribution in [-0.4, -0.2) is 28.6 Å². The van der Waals surface area contributed by atoms with Crippen LogP contribution < -0.4 is 10.9 Å². The predicted molar refractivity (Wildman–Crippen MR) is 74.6 cm³/mol. The highest BCUT2D eigenvalue weighted by Crippen LogP contribution is 2.18. The Kier molecular flexibility index (Phi) is 3.47. The van der Waals surface area contributed by atoms with E-state index in [9.17, 15) is 9.59 Å². The lowest BCUT2D eigenvalue weighted by Gasteiger charge is -2.10. The van der Waals surface area contributed by atoms with E-state index in [-0.39, 0.29) is 17.6 Å². The van der Waals surface area contributed by atoms with Crippen molar-refractivity contribution in [3.05, 3.63) is 34.9 Å². The third-order valence-electron chi connectivity index (χ3n) is 3.36. The van der Waals surface area contributed by atoms with E-state index >= 15 is 0 Å². The van der Waals surface area contributed by atoms with Gasteiger partial charge < -0.3 is 15.0 Å². The Bertz CT molecular complexity index is 689. The molecule has 20 heavy (non-hydrogen) atoms. The van der Waals surface area contributed by atoms with Crippen LogP contribution in [0.1, 0.15) is 19.3 Å². The molecule has 2 heterocycles. The van der Waals surface area contributed by atoms with Gasteiger partial charge in [-0.25, -0.2) is 4.98 Å². The van der Waals surface area contributed by atoms with Crippen LogP contribution in [0.2, 0.25) is 0 Å². The molecule has 0 aliphatic carbocycles. The van der Waals surface area contributed by atoms with Gasteiger partial charge in [0.15, 0.2) is 0 Å². The average molecular weight is 273 g/mol. The Morgan fingerprint density at radius 2 is 2.40 bits per heavy atom. The highest BCUT2D eigenvalue weighted by molar-refractivity contribution is 5.93. The SMILES string of the molecule is O=C(CC1CCCO1)Nc1ccc2nc[nH]c(=O)c2c1. The van der Waals surface area contributed by atoms with Gasteiger partial charge in [0.2, 0.25) is 5.91 Å². The summed E-state index contributed by atoms with van der Waals surface area (Å²) < 4.78 is 5.42. The van der Waals surface area contributed by atoms with E-state index in [1.165, 1.54) is 6.33 Å². The molecule has 6 nitrogen and oxygen atoms in total. The Hall–Kier alpha value is -2.21. The number of hydrogen-bond acceptors (Lipinski definition) is 4. The second kappa shape index (κ2) is 5.42. The molecule has 1 aliphatic heterocycles. The fourth-order valence-electron chi connectivity index (χ4n) is 2.37. The van der Waals surface area contributed by atoms with Gasteiger partial charge in [0.1, 0.15) is 0 Å². The highest BCUT2D eigenvalue weighted by atomic mass is 16.5. The van der Waals surface area contributed by atoms with Crippen LogP contribution >= 0.6 is 0 Å². The topological polar surface area (TPSA) is 84.1 Å². The van der Waals surface area contributed by atoms with Crippen molar-refractivity contribution >= 4 is 22.5 Å². The molecule has 1 aromatic heterocycles. The van der Waals surface area contributed by atoms with Gasteiger partial charge in [0, 0.05) is 12.3 Å². The van der Waals surface area contributed by atoms with E-state index < -0.39 is 0 Å². The molecule has 2 aromatic rings. The number of amides is 1. The van der Waals surface area contributed by atoms with Crippen LogP contribution in [0.3, 0.4) is 0 Å². The van der Waals surface area contributed by atoms with Crippen LogP contribution in [0, 0.1) is 0 Å². The van der Waals surface area contributed by atoms with Gasteiger partial charge in [-0.3, -0.25) is 9.59 Å². The van der Waals surface area contributed by atoms with E-state index in [4.69, 9.17) is 4.74 Å². The van der Waals surface area contributed by atoms with Gasteiger partial charge in [-0.2, -0.15) is 0 Å². The lowest BCUT2D eigenvalue weighted by Crippen LogP contribution is -2.19. The molecule has 0 bridgehead atoms. The lowest BCUT2D eigenvalue weighted by molar-refractivity contribution is -0.118. The molecule has 0 saturated carbocycles. The van der Waals surface area contributed by atoms with Crippen LogP contribution in [-0.2, 0) is 9.53 Å². The van der Waals surface area contributed by atoms with Crippen molar-refractivity contribution in [1.82, 2.24) is 9.97 Å². The summed E-state index contributed by atoms with van der Waals surface area (Å²) in [7, 11) is 0. The monoisotopic (exact) mass is 273 g/mol. The Morgan fingerprint density at radius 1 is 1.50 bits per heavy atom. The summed E-state index contributed by atoms with van der Waals surface area (Å²) >= 11 is 0. The normalized spacial score (nSPS) is 18.3. The number of ether oxygens (including phenoxy) is 1. The minimum absolute atomic E-state index is 0.0144. The molecule has 1 aliphatic rings. The molecule has 6 heteroatoms. The lowest BCUT2D eigenvalue weighted by atomic mass is 10.1. The predicted octanol–water partition coefficient (Wildman–Crippen LogP) is 1.43. The molecule has 1 aromatic carbocycles. The smallest absolute Gasteiger partial charge is 0.258 e. The molecular weight excluding hydrogens is 258 g/mol. The number of fused-ring (bicyclic) bond motifs is 1. The third-order valence-corrected chi connectivity index (χ3v) is 3.36. The average Bonchev–Trinajstić information content (AvgIpc) is 2.92. The standard InChI is InChI=1S/C14H15N3O3/c18-13(7-10-2-1-5-20-10)17-9-3-4-12-11(6-9)14(19)16-8-15-12/h3-4,6,8,10H,1-2,5,7H2,(H,17,18)(H,15,16,19). The number of benzene rings is 1. The zero-order valence-corrected chi connectivity index (χ0v) is 10.9. The van der Waals surface area contributed by atoms with Crippen LogP contribution in [0.15, 0.2) is 29.3 Å². The maximum Gasteiger partial charge on any atom is 0.258 e. The van der Waals surface area contributed by atoms with E-state index in [0.29, 0.717) is 23.0 Å². The van der Waals surface area contributed by atoms with Crippen LogP contribution in [0.5, 0.6) is 0 Å².